The fraction of sp³-hybridized carbons (Fsp3) is 0.667. The van der Waals surface area contributed by atoms with Crippen LogP contribution in [0.1, 0.15) is 17.5 Å². The molecule has 1 aromatic heterocycles. The minimum atomic E-state index is -0.0775. The maximum atomic E-state index is 5.79. The zero-order valence-corrected chi connectivity index (χ0v) is 9.48. The van der Waals surface area contributed by atoms with E-state index >= 15 is 0 Å². The minimum absolute atomic E-state index is 0.0775. The van der Waals surface area contributed by atoms with E-state index in [-0.39, 0.29) is 5.54 Å². The second-order valence-electron chi connectivity index (χ2n) is 3.70. The van der Waals surface area contributed by atoms with Crippen molar-refractivity contribution in [3.05, 3.63) is 16.6 Å². The van der Waals surface area contributed by atoms with Gasteiger partial charge in [-0.2, -0.15) is 4.37 Å². The van der Waals surface area contributed by atoms with Crippen molar-refractivity contribution in [1.29, 1.82) is 0 Å². The van der Waals surface area contributed by atoms with Crippen LogP contribution >= 0.6 is 11.5 Å². The lowest BCUT2D eigenvalue weighted by Crippen LogP contribution is -2.44. The Morgan fingerprint density at radius 1 is 1.62 bits per heavy atom. The summed E-state index contributed by atoms with van der Waals surface area (Å²) in [5.41, 5.74) is 6.78. The molecule has 0 bridgehead atoms. The van der Waals surface area contributed by atoms with Crippen LogP contribution in [0.3, 0.4) is 0 Å². The van der Waals surface area contributed by atoms with Crippen molar-refractivity contribution in [1.82, 2.24) is 9.27 Å². The number of aryl methyl sites for hydroxylation is 1. The minimum Gasteiger partial charge on any atom is -0.328 e. The molecule has 1 unspecified atom stereocenters. The topological polar surface area (TPSA) is 42.1 Å². The van der Waals surface area contributed by atoms with Gasteiger partial charge in [0.15, 0.2) is 0 Å². The lowest BCUT2D eigenvalue weighted by molar-refractivity contribution is 0.187. The summed E-state index contributed by atoms with van der Waals surface area (Å²) in [6.07, 6.45) is 0. The van der Waals surface area contributed by atoms with Gasteiger partial charge in [0.05, 0.1) is 11.2 Å². The van der Waals surface area contributed by atoms with Crippen molar-refractivity contribution >= 4 is 11.5 Å². The van der Waals surface area contributed by atoms with Crippen LogP contribution in [0.25, 0.3) is 0 Å². The summed E-state index contributed by atoms with van der Waals surface area (Å²) >= 11 is 1.54. The van der Waals surface area contributed by atoms with E-state index in [9.17, 15) is 0 Å². The molecule has 13 heavy (non-hydrogen) atoms. The zero-order valence-electron chi connectivity index (χ0n) is 8.66. The van der Waals surface area contributed by atoms with Crippen molar-refractivity contribution in [2.45, 2.75) is 19.4 Å². The van der Waals surface area contributed by atoms with E-state index in [0.717, 1.165) is 5.69 Å². The smallest absolute Gasteiger partial charge is 0.0660 e. The van der Waals surface area contributed by atoms with E-state index in [0.29, 0.717) is 6.54 Å². The Balaban J connectivity index is 3.02. The third-order valence-corrected chi connectivity index (χ3v) is 3.68. The summed E-state index contributed by atoms with van der Waals surface area (Å²) in [6, 6.07) is 2.11. The molecule has 0 spiro atoms. The predicted molar refractivity (Wildman–Crippen MR) is 56.9 cm³/mol. The van der Waals surface area contributed by atoms with Crippen LogP contribution in [-0.4, -0.2) is 29.9 Å². The Hall–Kier alpha value is -0.450. The third-order valence-electron chi connectivity index (χ3n) is 2.54. The molecule has 74 valence electrons. The predicted octanol–water partition coefficient (Wildman–Crippen LogP) is 1.19. The summed E-state index contributed by atoms with van der Waals surface area (Å²) < 4.78 is 4.27. The molecule has 0 aliphatic carbocycles. The molecule has 4 heteroatoms. The second kappa shape index (κ2) is 3.74. The highest BCUT2D eigenvalue weighted by Gasteiger charge is 2.29. The van der Waals surface area contributed by atoms with Gasteiger partial charge in [-0.1, -0.05) is 0 Å². The van der Waals surface area contributed by atoms with Crippen LogP contribution in [0, 0.1) is 6.92 Å². The molecule has 1 atom stereocenters. The molecule has 0 fully saturated rings. The third kappa shape index (κ3) is 1.90. The Bertz CT molecular complexity index is 282. The second-order valence-corrected chi connectivity index (χ2v) is 4.51. The van der Waals surface area contributed by atoms with Crippen LogP contribution in [0.4, 0.5) is 0 Å². The standard InChI is InChI=1S/C9H17N3S/c1-7-5-8(13-11-7)9(2,6-10)12(3)4/h5H,6,10H2,1-4H3. The number of likely N-dealkylation sites (N-methyl/N-ethyl adjacent to an activating group) is 1. The molecular formula is C9H17N3S. The molecule has 0 saturated heterocycles. The fourth-order valence-electron chi connectivity index (χ4n) is 1.12. The molecule has 0 aliphatic rings. The Morgan fingerprint density at radius 3 is 2.54 bits per heavy atom. The van der Waals surface area contributed by atoms with Gasteiger partial charge in [0.1, 0.15) is 0 Å². The number of hydrogen-bond acceptors (Lipinski definition) is 4. The van der Waals surface area contributed by atoms with Gasteiger partial charge in [-0.3, -0.25) is 4.90 Å². The lowest BCUT2D eigenvalue weighted by Gasteiger charge is -2.33. The molecule has 0 aromatic carbocycles. The van der Waals surface area contributed by atoms with Gasteiger partial charge in [0.25, 0.3) is 0 Å². The van der Waals surface area contributed by atoms with Crippen molar-refractivity contribution < 1.29 is 0 Å². The highest BCUT2D eigenvalue weighted by molar-refractivity contribution is 7.06. The first-order valence-electron chi connectivity index (χ1n) is 4.32. The van der Waals surface area contributed by atoms with Gasteiger partial charge in [-0.15, -0.1) is 0 Å². The molecule has 2 N–H and O–H groups in total. The normalized spacial score (nSPS) is 16.2. The molecule has 0 saturated carbocycles. The van der Waals surface area contributed by atoms with Crippen molar-refractivity contribution in [3.63, 3.8) is 0 Å². The van der Waals surface area contributed by atoms with Gasteiger partial charge < -0.3 is 5.73 Å². The van der Waals surface area contributed by atoms with E-state index in [2.05, 4.69) is 22.3 Å². The van der Waals surface area contributed by atoms with Crippen LogP contribution < -0.4 is 5.73 Å². The Labute approximate surface area is 83.7 Å². The average molecular weight is 199 g/mol. The molecule has 1 rings (SSSR count). The monoisotopic (exact) mass is 199 g/mol. The maximum Gasteiger partial charge on any atom is 0.0660 e. The zero-order chi connectivity index (χ0) is 10.1. The SMILES string of the molecule is Cc1cc(C(C)(CN)N(C)C)sn1. The van der Waals surface area contributed by atoms with Crippen molar-refractivity contribution in [2.24, 2.45) is 5.73 Å². The summed E-state index contributed by atoms with van der Waals surface area (Å²) in [4.78, 5) is 3.37. The van der Waals surface area contributed by atoms with Crippen LogP contribution in [0.2, 0.25) is 0 Å². The van der Waals surface area contributed by atoms with E-state index in [1.54, 1.807) is 0 Å². The van der Waals surface area contributed by atoms with E-state index in [1.165, 1.54) is 16.4 Å². The summed E-state index contributed by atoms with van der Waals surface area (Å²) in [7, 11) is 4.09. The van der Waals surface area contributed by atoms with Crippen LogP contribution in [-0.2, 0) is 5.54 Å². The first-order valence-corrected chi connectivity index (χ1v) is 5.09. The van der Waals surface area contributed by atoms with Gasteiger partial charge in [0.2, 0.25) is 0 Å². The van der Waals surface area contributed by atoms with Gasteiger partial charge >= 0.3 is 0 Å². The summed E-state index contributed by atoms with van der Waals surface area (Å²) in [5, 5.41) is 0. The molecule has 3 nitrogen and oxygen atoms in total. The number of nitrogens with two attached hydrogens (primary N) is 1. The van der Waals surface area contributed by atoms with Crippen molar-refractivity contribution in [2.75, 3.05) is 20.6 Å². The fourth-order valence-corrected chi connectivity index (χ4v) is 2.10. The van der Waals surface area contributed by atoms with E-state index < -0.39 is 0 Å². The van der Waals surface area contributed by atoms with E-state index in [1.807, 2.05) is 21.0 Å². The first kappa shape index (κ1) is 10.6. The number of hydrogen-bond donors (Lipinski definition) is 1. The molecular weight excluding hydrogens is 182 g/mol. The quantitative estimate of drug-likeness (QED) is 0.795. The van der Waals surface area contributed by atoms with Crippen LogP contribution in [0.5, 0.6) is 0 Å². The highest BCUT2D eigenvalue weighted by atomic mass is 32.1. The van der Waals surface area contributed by atoms with Gasteiger partial charge in [0, 0.05) is 11.4 Å². The Kier molecular flexibility index (Phi) is 3.05. The lowest BCUT2D eigenvalue weighted by atomic mass is 9.99. The van der Waals surface area contributed by atoms with Gasteiger partial charge in [-0.05, 0) is 45.5 Å². The maximum absolute atomic E-state index is 5.79. The molecule has 0 aliphatic heterocycles. The molecule has 0 radical (unpaired) electrons. The molecule has 1 heterocycles. The number of rotatable bonds is 3. The number of nitrogens with zero attached hydrogens (tertiary/aromatic N) is 2. The molecule has 1 aromatic rings. The summed E-state index contributed by atoms with van der Waals surface area (Å²) in [6.45, 7) is 4.76. The summed E-state index contributed by atoms with van der Waals surface area (Å²) in [5.74, 6) is 0. The first-order chi connectivity index (χ1) is 6.00. The highest BCUT2D eigenvalue weighted by Crippen LogP contribution is 2.28. The molecule has 0 amide bonds. The average Bonchev–Trinajstić information content (AvgIpc) is 2.50. The Morgan fingerprint density at radius 2 is 2.23 bits per heavy atom. The van der Waals surface area contributed by atoms with Crippen LogP contribution in [0.15, 0.2) is 6.07 Å². The van der Waals surface area contributed by atoms with Gasteiger partial charge in [-0.25, -0.2) is 0 Å². The number of aromatic nitrogens is 1. The van der Waals surface area contributed by atoms with E-state index in [4.69, 9.17) is 5.73 Å². The van der Waals surface area contributed by atoms with Crippen molar-refractivity contribution in [3.8, 4) is 0 Å². The largest absolute Gasteiger partial charge is 0.328 e.